The van der Waals surface area contributed by atoms with Gasteiger partial charge < -0.3 is 5.11 Å². The van der Waals surface area contributed by atoms with E-state index in [1.54, 1.807) is 0 Å². The van der Waals surface area contributed by atoms with E-state index in [4.69, 9.17) is 5.11 Å². The summed E-state index contributed by atoms with van der Waals surface area (Å²) in [6.45, 7) is 3.89. The lowest BCUT2D eigenvalue weighted by molar-refractivity contribution is -0.142. The molecular weight excluding hydrogens is 228 g/mol. The maximum atomic E-state index is 12.5. The van der Waals surface area contributed by atoms with Crippen molar-refractivity contribution in [1.29, 1.82) is 0 Å². The Hall–Kier alpha value is -1.64. The van der Waals surface area contributed by atoms with Gasteiger partial charge in [-0.3, -0.25) is 9.59 Å². The molecule has 0 spiro atoms. The third-order valence-corrected chi connectivity index (χ3v) is 4.04. The Morgan fingerprint density at radius 1 is 1.17 bits per heavy atom. The van der Waals surface area contributed by atoms with E-state index in [1.165, 1.54) is 0 Å². The van der Waals surface area contributed by atoms with E-state index in [-0.39, 0.29) is 11.7 Å². The number of rotatable bonds is 3. The molecule has 1 aliphatic carbocycles. The van der Waals surface area contributed by atoms with Crippen LogP contribution in [0, 0.1) is 25.7 Å². The lowest BCUT2D eigenvalue weighted by atomic mass is 9.86. The van der Waals surface area contributed by atoms with Gasteiger partial charge >= 0.3 is 5.97 Å². The minimum absolute atomic E-state index is 0.00102. The first-order valence-electron chi connectivity index (χ1n) is 6.35. The SMILES string of the molecule is Cc1cccc(C(=O)[C@@H]2CCC[C@H]2C(=O)O)c1C. The summed E-state index contributed by atoms with van der Waals surface area (Å²) < 4.78 is 0. The van der Waals surface area contributed by atoms with Crippen LogP contribution >= 0.6 is 0 Å². The summed E-state index contributed by atoms with van der Waals surface area (Å²) in [5.41, 5.74) is 2.73. The zero-order valence-corrected chi connectivity index (χ0v) is 10.8. The molecule has 0 radical (unpaired) electrons. The Bertz CT molecular complexity index is 491. The van der Waals surface area contributed by atoms with Crippen LogP contribution in [-0.4, -0.2) is 16.9 Å². The number of carbonyl (C=O) groups excluding carboxylic acids is 1. The zero-order chi connectivity index (χ0) is 13.3. The molecule has 96 valence electrons. The normalized spacial score (nSPS) is 23.0. The predicted octanol–water partition coefficient (Wildman–Crippen LogP) is 2.99. The second kappa shape index (κ2) is 4.92. The zero-order valence-electron chi connectivity index (χ0n) is 10.8. The fourth-order valence-corrected chi connectivity index (χ4v) is 2.79. The van der Waals surface area contributed by atoms with Crippen LogP contribution in [-0.2, 0) is 4.79 Å². The lowest BCUT2D eigenvalue weighted by Gasteiger charge is -2.16. The van der Waals surface area contributed by atoms with Crippen LogP contribution in [0.4, 0.5) is 0 Å². The van der Waals surface area contributed by atoms with Gasteiger partial charge in [0.1, 0.15) is 0 Å². The number of ketones is 1. The molecule has 1 N–H and O–H groups in total. The van der Waals surface area contributed by atoms with Crippen LogP contribution in [0.2, 0.25) is 0 Å². The summed E-state index contributed by atoms with van der Waals surface area (Å²) >= 11 is 0. The van der Waals surface area contributed by atoms with Crippen molar-refractivity contribution < 1.29 is 14.7 Å². The molecular formula is C15H18O3. The van der Waals surface area contributed by atoms with Crippen LogP contribution in [0.5, 0.6) is 0 Å². The van der Waals surface area contributed by atoms with Gasteiger partial charge in [-0.15, -0.1) is 0 Å². The van der Waals surface area contributed by atoms with Crippen molar-refractivity contribution >= 4 is 11.8 Å². The van der Waals surface area contributed by atoms with Crippen molar-refractivity contribution in [3.8, 4) is 0 Å². The number of carboxylic acids is 1. The highest BCUT2D eigenvalue weighted by atomic mass is 16.4. The van der Waals surface area contributed by atoms with Crippen molar-refractivity contribution in [3.63, 3.8) is 0 Å². The third kappa shape index (κ3) is 2.17. The Balaban J connectivity index is 2.31. The van der Waals surface area contributed by atoms with Crippen molar-refractivity contribution in [3.05, 3.63) is 34.9 Å². The van der Waals surface area contributed by atoms with Crippen LogP contribution in [0.3, 0.4) is 0 Å². The number of carboxylic acid groups (broad SMARTS) is 1. The minimum Gasteiger partial charge on any atom is -0.481 e. The Kier molecular flexibility index (Phi) is 3.50. The molecule has 0 aromatic heterocycles. The molecule has 1 saturated carbocycles. The molecule has 0 amide bonds. The van der Waals surface area contributed by atoms with E-state index in [2.05, 4.69) is 0 Å². The number of aliphatic carboxylic acids is 1. The van der Waals surface area contributed by atoms with E-state index in [1.807, 2.05) is 32.0 Å². The van der Waals surface area contributed by atoms with Gasteiger partial charge in [-0.25, -0.2) is 0 Å². The van der Waals surface area contributed by atoms with E-state index < -0.39 is 11.9 Å². The Morgan fingerprint density at radius 2 is 1.83 bits per heavy atom. The largest absolute Gasteiger partial charge is 0.481 e. The summed E-state index contributed by atoms with van der Waals surface area (Å²) in [5.74, 6) is -1.68. The molecule has 0 heterocycles. The smallest absolute Gasteiger partial charge is 0.307 e. The van der Waals surface area contributed by atoms with Crippen molar-refractivity contribution in [2.75, 3.05) is 0 Å². The van der Waals surface area contributed by atoms with E-state index in [0.717, 1.165) is 17.5 Å². The topological polar surface area (TPSA) is 54.4 Å². The lowest BCUT2D eigenvalue weighted by Crippen LogP contribution is -2.26. The number of Topliss-reactive ketones (excluding diaryl/α,β-unsaturated/α-hetero) is 1. The predicted molar refractivity (Wildman–Crippen MR) is 68.7 cm³/mol. The van der Waals surface area contributed by atoms with Gasteiger partial charge in [-0.1, -0.05) is 24.6 Å². The number of carbonyl (C=O) groups is 2. The molecule has 18 heavy (non-hydrogen) atoms. The van der Waals surface area contributed by atoms with Crippen LogP contribution in [0.1, 0.15) is 40.7 Å². The molecule has 1 aromatic carbocycles. The first-order valence-corrected chi connectivity index (χ1v) is 6.35. The number of hydrogen-bond donors (Lipinski definition) is 1. The second-order valence-corrected chi connectivity index (χ2v) is 5.09. The van der Waals surface area contributed by atoms with Gasteiger partial charge in [0.15, 0.2) is 5.78 Å². The Labute approximate surface area is 107 Å². The van der Waals surface area contributed by atoms with E-state index in [9.17, 15) is 9.59 Å². The van der Waals surface area contributed by atoms with Crippen molar-refractivity contribution in [1.82, 2.24) is 0 Å². The first kappa shape index (κ1) is 12.8. The first-order chi connectivity index (χ1) is 8.52. The van der Waals surface area contributed by atoms with Gasteiger partial charge in [-0.05, 0) is 37.8 Å². The fourth-order valence-electron chi connectivity index (χ4n) is 2.79. The maximum Gasteiger partial charge on any atom is 0.307 e. The molecule has 1 fully saturated rings. The fraction of sp³-hybridized carbons (Fsp3) is 0.467. The molecule has 0 saturated heterocycles. The van der Waals surface area contributed by atoms with Gasteiger partial charge in [0, 0.05) is 11.5 Å². The third-order valence-electron chi connectivity index (χ3n) is 4.04. The van der Waals surface area contributed by atoms with Crippen molar-refractivity contribution in [2.24, 2.45) is 11.8 Å². The van der Waals surface area contributed by atoms with E-state index >= 15 is 0 Å². The summed E-state index contributed by atoms with van der Waals surface area (Å²) in [6, 6.07) is 5.64. The highest BCUT2D eigenvalue weighted by Crippen LogP contribution is 2.35. The van der Waals surface area contributed by atoms with Gasteiger partial charge in [0.25, 0.3) is 0 Å². The standard InChI is InChI=1S/C15H18O3/c1-9-5-3-6-11(10(9)2)14(16)12-7-4-8-13(12)15(17)18/h3,5-6,12-13H,4,7-8H2,1-2H3,(H,17,18)/t12-,13-/m1/s1. The summed E-state index contributed by atoms with van der Waals surface area (Å²) in [6.07, 6.45) is 2.15. The molecule has 3 nitrogen and oxygen atoms in total. The molecule has 1 aliphatic rings. The van der Waals surface area contributed by atoms with Crippen LogP contribution in [0.15, 0.2) is 18.2 Å². The highest BCUT2D eigenvalue weighted by molar-refractivity contribution is 6.01. The summed E-state index contributed by atoms with van der Waals surface area (Å²) in [7, 11) is 0. The monoisotopic (exact) mass is 246 g/mol. The molecule has 3 heteroatoms. The number of aryl methyl sites for hydroxylation is 1. The van der Waals surface area contributed by atoms with Gasteiger partial charge in [0.05, 0.1) is 5.92 Å². The van der Waals surface area contributed by atoms with Gasteiger partial charge in [-0.2, -0.15) is 0 Å². The molecule has 2 atom stereocenters. The van der Waals surface area contributed by atoms with Crippen LogP contribution < -0.4 is 0 Å². The molecule has 0 bridgehead atoms. The Morgan fingerprint density at radius 3 is 2.50 bits per heavy atom. The molecule has 2 rings (SSSR count). The highest BCUT2D eigenvalue weighted by Gasteiger charge is 2.38. The van der Waals surface area contributed by atoms with Gasteiger partial charge in [0.2, 0.25) is 0 Å². The summed E-state index contributed by atoms with van der Waals surface area (Å²) in [4.78, 5) is 23.6. The van der Waals surface area contributed by atoms with Crippen molar-refractivity contribution in [2.45, 2.75) is 33.1 Å². The quantitative estimate of drug-likeness (QED) is 0.834. The van der Waals surface area contributed by atoms with E-state index in [0.29, 0.717) is 18.4 Å². The molecule has 0 aliphatic heterocycles. The molecule has 0 unspecified atom stereocenters. The number of hydrogen-bond acceptors (Lipinski definition) is 2. The second-order valence-electron chi connectivity index (χ2n) is 5.09. The summed E-state index contributed by atoms with van der Waals surface area (Å²) in [5, 5.41) is 9.15. The average Bonchev–Trinajstić information content (AvgIpc) is 2.81. The maximum absolute atomic E-state index is 12.5. The van der Waals surface area contributed by atoms with Crippen LogP contribution in [0.25, 0.3) is 0 Å². The minimum atomic E-state index is -0.837. The molecule has 1 aromatic rings. The number of benzene rings is 1. The average molecular weight is 246 g/mol.